The van der Waals surface area contributed by atoms with Gasteiger partial charge < -0.3 is 0 Å². The molecule has 0 saturated carbocycles. The van der Waals surface area contributed by atoms with Crippen molar-refractivity contribution in [2.75, 3.05) is 0 Å². The predicted octanol–water partition coefficient (Wildman–Crippen LogP) is 2.33. The standard InChI is InChI=1S/C11H7ClN6/c1-13-8-4-15-18-6-9(16-11(12)10(8)18)7-3-14-17(2)5-7/h3-6H,2H3. The number of hydrogen-bond donors (Lipinski definition) is 0. The fourth-order valence-corrected chi connectivity index (χ4v) is 2.00. The Hall–Kier alpha value is -2.39. The van der Waals surface area contributed by atoms with Gasteiger partial charge >= 0.3 is 0 Å². The summed E-state index contributed by atoms with van der Waals surface area (Å²) in [6.45, 7) is 7.03. The summed E-state index contributed by atoms with van der Waals surface area (Å²) in [6.07, 6.45) is 6.74. The topological polar surface area (TPSA) is 52.4 Å². The van der Waals surface area contributed by atoms with Gasteiger partial charge in [-0.25, -0.2) is 14.3 Å². The zero-order valence-electron chi connectivity index (χ0n) is 9.37. The summed E-state index contributed by atoms with van der Waals surface area (Å²) in [5, 5.41) is 8.44. The minimum Gasteiger partial charge on any atom is -0.275 e. The van der Waals surface area contributed by atoms with E-state index >= 15 is 0 Å². The molecule has 88 valence electrons. The quantitative estimate of drug-likeness (QED) is 0.630. The normalized spacial score (nSPS) is 10.7. The Bertz CT molecular complexity index is 779. The van der Waals surface area contributed by atoms with Crippen molar-refractivity contribution in [3.05, 3.63) is 41.4 Å². The maximum absolute atomic E-state index is 7.03. The first-order valence-electron chi connectivity index (χ1n) is 5.09. The molecule has 0 spiro atoms. The zero-order valence-corrected chi connectivity index (χ0v) is 10.1. The summed E-state index contributed by atoms with van der Waals surface area (Å²) >= 11 is 6.10. The molecule has 0 atom stereocenters. The predicted molar refractivity (Wildman–Crippen MR) is 66.5 cm³/mol. The van der Waals surface area contributed by atoms with Crippen LogP contribution in [-0.2, 0) is 7.05 Å². The second kappa shape index (κ2) is 3.82. The lowest BCUT2D eigenvalue weighted by molar-refractivity contribution is 0.768. The first-order chi connectivity index (χ1) is 8.69. The summed E-state index contributed by atoms with van der Waals surface area (Å²) in [5.41, 5.74) is 2.44. The molecular weight excluding hydrogens is 252 g/mol. The van der Waals surface area contributed by atoms with Crippen LogP contribution in [0.25, 0.3) is 21.6 Å². The molecule has 0 bridgehead atoms. The van der Waals surface area contributed by atoms with Crippen LogP contribution in [0.3, 0.4) is 0 Å². The Balaban J connectivity index is 2.26. The van der Waals surface area contributed by atoms with Crippen LogP contribution in [0.2, 0.25) is 5.15 Å². The molecule has 0 aliphatic heterocycles. The van der Waals surface area contributed by atoms with Crippen LogP contribution in [0.5, 0.6) is 0 Å². The third kappa shape index (κ3) is 1.53. The number of nitrogens with zero attached hydrogens (tertiary/aromatic N) is 6. The van der Waals surface area contributed by atoms with Gasteiger partial charge in [0, 0.05) is 18.8 Å². The van der Waals surface area contributed by atoms with Crippen molar-refractivity contribution in [3.8, 4) is 11.3 Å². The van der Waals surface area contributed by atoms with Gasteiger partial charge in [0.25, 0.3) is 0 Å². The van der Waals surface area contributed by atoms with Crippen LogP contribution in [0.15, 0.2) is 24.8 Å². The SMILES string of the molecule is [C-]#[N+]c1cnn2cc(-c3cnn(C)c3)nc(Cl)c12. The fraction of sp³-hybridized carbons (Fsp3) is 0.0909. The molecule has 0 saturated heterocycles. The van der Waals surface area contributed by atoms with Crippen molar-refractivity contribution in [1.82, 2.24) is 24.4 Å². The van der Waals surface area contributed by atoms with Gasteiger partial charge in [-0.2, -0.15) is 10.2 Å². The molecule has 0 aliphatic carbocycles. The van der Waals surface area contributed by atoms with E-state index in [0.717, 1.165) is 5.56 Å². The minimum atomic E-state index is 0.264. The molecule has 3 heterocycles. The number of aromatic nitrogens is 5. The first kappa shape index (κ1) is 10.7. The monoisotopic (exact) mass is 258 g/mol. The van der Waals surface area contributed by atoms with E-state index in [0.29, 0.717) is 16.9 Å². The Kier molecular flexibility index (Phi) is 2.28. The van der Waals surface area contributed by atoms with E-state index in [1.165, 1.54) is 6.20 Å². The largest absolute Gasteiger partial charge is 0.275 e. The van der Waals surface area contributed by atoms with Crippen LogP contribution < -0.4 is 0 Å². The highest BCUT2D eigenvalue weighted by Gasteiger charge is 2.12. The zero-order chi connectivity index (χ0) is 12.7. The second-order valence-corrected chi connectivity index (χ2v) is 4.11. The van der Waals surface area contributed by atoms with Crippen molar-refractivity contribution in [1.29, 1.82) is 0 Å². The highest BCUT2D eigenvalue weighted by molar-refractivity contribution is 6.33. The van der Waals surface area contributed by atoms with E-state index in [2.05, 4.69) is 20.0 Å². The molecular formula is C11H7ClN6. The van der Waals surface area contributed by atoms with Crippen LogP contribution in [0, 0.1) is 6.57 Å². The number of fused-ring (bicyclic) bond motifs is 1. The van der Waals surface area contributed by atoms with E-state index < -0.39 is 0 Å². The lowest BCUT2D eigenvalue weighted by atomic mass is 10.3. The third-order valence-corrected chi connectivity index (χ3v) is 2.82. The summed E-state index contributed by atoms with van der Waals surface area (Å²) in [6, 6.07) is 0. The summed E-state index contributed by atoms with van der Waals surface area (Å²) in [7, 11) is 1.83. The van der Waals surface area contributed by atoms with Gasteiger partial charge in [0.05, 0.1) is 30.9 Å². The highest BCUT2D eigenvalue weighted by Crippen LogP contribution is 2.28. The van der Waals surface area contributed by atoms with Crippen molar-refractivity contribution in [2.24, 2.45) is 7.05 Å². The van der Waals surface area contributed by atoms with Gasteiger partial charge in [-0.1, -0.05) is 11.6 Å². The van der Waals surface area contributed by atoms with E-state index in [1.807, 2.05) is 13.2 Å². The molecule has 3 aromatic rings. The molecule has 0 amide bonds. The van der Waals surface area contributed by atoms with Gasteiger partial charge in [-0.15, -0.1) is 0 Å². The average molecular weight is 259 g/mol. The Morgan fingerprint density at radius 2 is 2.11 bits per heavy atom. The summed E-state index contributed by atoms with van der Waals surface area (Å²) in [4.78, 5) is 7.63. The van der Waals surface area contributed by atoms with Gasteiger partial charge in [-0.3, -0.25) is 4.68 Å². The van der Waals surface area contributed by atoms with E-state index in [4.69, 9.17) is 18.2 Å². The number of halogens is 1. The van der Waals surface area contributed by atoms with E-state index in [9.17, 15) is 0 Å². The lowest BCUT2D eigenvalue weighted by Crippen LogP contribution is -1.93. The van der Waals surface area contributed by atoms with Gasteiger partial charge in [-0.05, 0) is 0 Å². The van der Waals surface area contributed by atoms with Crippen LogP contribution in [0.4, 0.5) is 5.69 Å². The van der Waals surface area contributed by atoms with Gasteiger partial charge in [0.2, 0.25) is 5.69 Å². The maximum Gasteiger partial charge on any atom is 0.235 e. The van der Waals surface area contributed by atoms with Crippen molar-refractivity contribution >= 4 is 22.8 Å². The van der Waals surface area contributed by atoms with Crippen LogP contribution >= 0.6 is 11.6 Å². The number of hydrogen-bond acceptors (Lipinski definition) is 3. The first-order valence-corrected chi connectivity index (χ1v) is 5.47. The lowest BCUT2D eigenvalue weighted by Gasteiger charge is -2.01. The maximum atomic E-state index is 7.03. The van der Waals surface area contributed by atoms with Crippen molar-refractivity contribution < 1.29 is 0 Å². The van der Waals surface area contributed by atoms with Crippen molar-refractivity contribution in [2.45, 2.75) is 0 Å². The third-order valence-electron chi connectivity index (χ3n) is 2.56. The number of rotatable bonds is 1. The highest BCUT2D eigenvalue weighted by atomic mass is 35.5. The Labute approximate surface area is 107 Å². The summed E-state index contributed by atoms with van der Waals surface area (Å²) in [5.74, 6) is 0. The molecule has 0 radical (unpaired) electrons. The molecule has 6 nitrogen and oxygen atoms in total. The van der Waals surface area contributed by atoms with Crippen molar-refractivity contribution in [3.63, 3.8) is 0 Å². The van der Waals surface area contributed by atoms with E-state index in [1.54, 1.807) is 21.6 Å². The van der Waals surface area contributed by atoms with E-state index in [-0.39, 0.29) is 5.15 Å². The van der Waals surface area contributed by atoms with Gasteiger partial charge in [0.15, 0.2) is 0 Å². The molecule has 0 aromatic carbocycles. The second-order valence-electron chi connectivity index (χ2n) is 3.75. The van der Waals surface area contributed by atoms with Crippen LogP contribution in [-0.4, -0.2) is 24.4 Å². The Morgan fingerprint density at radius 3 is 2.78 bits per heavy atom. The molecule has 18 heavy (non-hydrogen) atoms. The van der Waals surface area contributed by atoms with Gasteiger partial charge in [0.1, 0.15) is 10.7 Å². The molecule has 0 aliphatic rings. The molecule has 0 fully saturated rings. The fourth-order valence-electron chi connectivity index (χ4n) is 1.73. The average Bonchev–Trinajstić information content (AvgIpc) is 2.95. The molecule has 7 heteroatoms. The minimum absolute atomic E-state index is 0.264. The molecule has 0 N–H and O–H groups in total. The number of aryl methyl sites for hydroxylation is 1. The van der Waals surface area contributed by atoms with Crippen LogP contribution in [0.1, 0.15) is 0 Å². The Morgan fingerprint density at radius 1 is 1.28 bits per heavy atom. The molecule has 3 aromatic heterocycles. The molecule has 3 rings (SSSR count). The molecule has 0 unspecified atom stereocenters. The smallest absolute Gasteiger partial charge is 0.235 e. The summed E-state index contributed by atoms with van der Waals surface area (Å²) < 4.78 is 3.24.